The van der Waals surface area contributed by atoms with Crippen molar-refractivity contribution in [2.24, 2.45) is 5.92 Å². The number of amides is 2. The first-order valence-corrected chi connectivity index (χ1v) is 5.78. The molecule has 0 aliphatic heterocycles. The second-order valence-corrected chi connectivity index (χ2v) is 4.71. The minimum atomic E-state index is -0.812. The topological polar surface area (TPSA) is 58.2 Å². The normalized spacial score (nSPS) is 17.1. The van der Waals surface area contributed by atoms with E-state index in [4.69, 9.17) is 0 Å². The maximum Gasteiger partial charge on any atom is 0.253 e. The predicted octanol–water partition coefficient (Wildman–Crippen LogP) is 1.15. The van der Waals surface area contributed by atoms with Crippen LogP contribution in [0.3, 0.4) is 0 Å². The molecule has 0 heterocycles. The molecule has 1 fully saturated rings. The lowest BCUT2D eigenvalue weighted by molar-refractivity contribution is -0.134. The molecule has 0 bridgehead atoms. The molecule has 1 aliphatic rings. The third-order valence-electron chi connectivity index (χ3n) is 2.57. The van der Waals surface area contributed by atoms with Crippen molar-refractivity contribution in [3.05, 3.63) is 0 Å². The van der Waals surface area contributed by atoms with E-state index in [0.717, 1.165) is 19.3 Å². The Balaban J connectivity index is 2.48. The van der Waals surface area contributed by atoms with E-state index in [2.05, 4.69) is 8.85 Å². The van der Waals surface area contributed by atoms with Gasteiger partial charge >= 0.3 is 0 Å². The van der Waals surface area contributed by atoms with Crippen LogP contribution in [0.1, 0.15) is 33.1 Å². The van der Waals surface area contributed by atoms with Crippen molar-refractivity contribution in [2.45, 2.75) is 38.6 Å². The highest BCUT2D eigenvalue weighted by atomic mass is 127. The molecule has 0 spiro atoms. The Hall–Kier alpha value is -0.330. The molecule has 0 unspecified atom stereocenters. The zero-order valence-electron chi connectivity index (χ0n) is 8.39. The van der Waals surface area contributed by atoms with Gasteiger partial charge in [0.05, 0.1) is 22.9 Å². The maximum atomic E-state index is 11.6. The summed E-state index contributed by atoms with van der Waals surface area (Å²) >= 11 is 1.78. The van der Waals surface area contributed by atoms with Crippen molar-refractivity contribution in [1.29, 1.82) is 0 Å². The maximum absolute atomic E-state index is 11.6. The number of carbonyl (C=O) groups excluding carboxylic acids is 2. The molecular formula is C9H15IN2O2. The van der Waals surface area contributed by atoms with E-state index in [1.807, 2.05) is 0 Å². The molecule has 1 aliphatic carbocycles. The van der Waals surface area contributed by atoms with Crippen LogP contribution in [0.15, 0.2) is 0 Å². The van der Waals surface area contributed by atoms with Gasteiger partial charge in [-0.3, -0.25) is 13.1 Å². The van der Waals surface area contributed by atoms with Gasteiger partial charge in [0.15, 0.2) is 0 Å². The standard InChI is InChI=1S/C9H15IN2O2/c1-9(2,8(14)12-10)11-7(13)6-4-3-5-6/h6H,3-5H2,1-2H3,(H,11,13)(H,12,14). The quantitative estimate of drug-likeness (QED) is 0.607. The highest BCUT2D eigenvalue weighted by molar-refractivity contribution is 14.1. The Bertz CT molecular complexity index is 249. The molecule has 0 atom stereocenters. The highest BCUT2D eigenvalue weighted by Crippen LogP contribution is 2.26. The minimum absolute atomic E-state index is 0.00116. The third kappa shape index (κ3) is 2.59. The summed E-state index contributed by atoms with van der Waals surface area (Å²) in [7, 11) is 0. The van der Waals surface area contributed by atoms with Crippen LogP contribution in [0.4, 0.5) is 0 Å². The van der Waals surface area contributed by atoms with Crippen molar-refractivity contribution >= 4 is 34.7 Å². The van der Waals surface area contributed by atoms with Gasteiger partial charge < -0.3 is 5.32 Å². The Morgan fingerprint density at radius 2 is 1.93 bits per heavy atom. The van der Waals surface area contributed by atoms with Gasteiger partial charge in [0.1, 0.15) is 5.54 Å². The van der Waals surface area contributed by atoms with E-state index >= 15 is 0 Å². The van der Waals surface area contributed by atoms with Crippen molar-refractivity contribution in [3.63, 3.8) is 0 Å². The van der Waals surface area contributed by atoms with Crippen LogP contribution in [-0.4, -0.2) is 17.4 Å². The van der Waals surface area contributed by atoms with Crippen LogP contribution in [0.5, 0.6) is 0 Å². The summed E-state index contributed by atoms with van der Waals surface area (Å²) in [6, 6.07) is 0. The first kappa shape index (κ1) is 11.7. The zero-order valence-corrected chi connectivity index (χ0v) is 10.6. The second-order valence-electron chi connectivity index (χ2n) is 4.17. The van der Waals surface area contributed by atoms with Gasteiger partial charge in [0.2, 0.25) is 5.91 Å². The van der Waals surface area contributed by atoms with Crippen LogP contribution in [-0.2, 0) is 9.59 Å². The summed E-state index contributed by atoms with van der Waals surface area (Å²) in [6.07, 6.45) is 3.03. The third-order valence-corrected chi connectivity index (χ3v) is 3.06. The average Bonchev–Trinajstić information content (AvgIpc) is 1.98. The molecule has 0 saturated heterocycles. The average molecular weight is 310 g/mol. The fourth-order valence-corrected chi connectivity index (χ4v) is 1.93. The molecule has 5 heteroatoms. The highest BCUT2D eigenvalue weighted by Gasteiger charge is 2.33. The zero-order chi connectivity index (χ0) is 10.8. The fourth-order valence-electron chi connectivity index (χ4n) is 1.26. The second kappa shape index (κ2) is 4.46. The first-order chi connectivity index (χ1) is 6.47. The first-order valence-electron chi connectivity index (χ1n) is 4.70. The molecule has 0 aromatic rings. The van der Waals surface area contributed by atoms with Crippen molar-refractivity contribution in [2.75, 3.05) is 0 Å². The summed E-state index contributed by atoms with van der Waals surface area (Å²) in [5.41, 5.74) is -0.812. The summed E-state index contributed by atoms with van der Waals surface area (Å²) in [5.74, 6) is -0.0525. The Labute approximate surface area is 97.7 Å². The fraction of sp³-hybridized carbons (Fsp3) is 0.778. The number of nitrogens with one attached hydrogen (secondary N) is 2. The van der Waals surface area contributed by atoms with Gasteiger partial charge in [-0.2, -0.15) is 0 Å². The summed E-state index contributed by atoms with van der Waals surface area (Å²) in [6.45, 7) is 3.41. The van der Waals surface area contributed by atoms with E-state index in [0.29, 0.717) is 0 Å². The largest absolute Gasteiger partial charge is 0.342 e. The molecule has 0 aromatic carbocycles. The molecule has 1 saturated carbocycles. The number of hydrogen-bond donors (Lipinski definition) is 2. The van der Waals surface area contributed by atoms with E-state index in [1.165, 1.54) is 0 Å². The number of hydrogen-bond acceptors (Lipinski definition) is 2. The molecular weight excluding hydrogens is 295 g/mol. The predicted molar refractivity (Wildman–Crippen MR) is 61.7 cm³/mol. The van der Waals surface area contributed by atoms with Crippen LogP contribution in [0.2, 0.25) is 0 Å². The van der Waals surface area contributed by atoms with Gasteiger partial charge in [-0.25, -0.2) is 0 Å². The Morgan fingerprint density at radius 3 is 2.29 bits per heavy atom. The number of carbonyl (C=O) groups is 2. The smallest absolute Gasteiger partial charge is 0.253 e. The summed E-state index contributed by atoms with van der Waals surface area (Å²) in [5, 5.41) is 2.75. The molecule has 14 heavy (non-hydrogen) atoms. The Morgan fingerprint density at radius 1 is 1.36 bits per heavy atom. The van der Waals surface area contributed by atoms with E-state index in [-0.39, 0.29) is 17.7 Å². The SMILES string of the molecule is CC(C)(NC(=O)C1CCC1)C(=O)NI. The van der Waals surface area contributed by atoms with Crippen LogP contribution in [0.25, 0.3) is 0 Å². The van der Waals surface area contributed by atoms with E-state index in [9.17, 15) is 9.59 Å². The summed E-state index contributed by atoms with van der Waals surface area (Å²) < 4.78 is 2.50. The van der Waals surface area contributed by atoms with Gasteiger partial charge in [-0.15, -0.1) is 0 Å². The molecule has 80 valence electrons. The van der Waals surface area contributed by atoms with E-state index < -0.39 is 5.54 Å². The van der Waals surface area contributed by atoms with Gasteiger partial charge in [-0.05, 0) is 26.7 Å². The lowest BCUT2D eigenvalue weighted by atomic mass is 9.84. The van der Waals surface area contributed by atoms with Crippen LogP contribution in [0, 0.1) is 5.92 Å². The monoisotopic (exact) mass is 310 g/mol. The van der Waals surface area contributed by atoms with Gasteiger partial charge in [-0.1, -0.05) is 6.42 Å². The summed E-state index contributed by atoms with van der Waals surface area (Å²) in [4.78, 5) is 22.9. The van der Waals surface area contributed by atoms with Crippen LogP contribution >= 0.6 is 22.9 Å². The molecule has 2 N–H and O–H groups in total. The molecule has 0 aromatic heterocycles. The Kier molecular flexibility index (Phi) is 3.74. The van der Waals surface area contributed by atoms with Crippen molar-refractivity contribution in [1.82, 2.24) is 8.85 Å². The van der Waals surface area contributed by atoms with Gasteiger partial charge in [0, 0.05) is 5.92 Å². The molecule has 4 nitrogen and oxygen atoms in total. The molecule has 1 rings (SSSR count). The van der Waals surface area contributed by atoms with Crippen molar-refractivity contribution in [3.8, 4) is 0 Å². The van der Waals surface area contributed by atoms with Crippen molar-refractivity contribution < 1.29 is 9.59 Å². The lowest BCUT2D eigenvalue weighted by Gasteiger charge is -2.30. The molecule has 0 radical (unpaired) electrons. The minimum Gasteiger partial charge on any atom is -0.342 e. The molecule has 2 amide bonds. The van der Waals surface area contributed by atoms with Crippen LogP contribution < -0.4 is 8.85 Å². The lowest BCUT2D eigenvalue weighted by Crippen LogP contribution is -2.55. The van der Waals surface area contributed by atoms with Gasteiger partial charge in [0.25, 0.3) is 5.91 Å². The number of rotatable bonds is 3. The van der Waals surface area contributed by atoms with E-state index in [1.54, 1.807) is 36.7 Å². The number of halogens is 1.